The molecule has 0 aliphatic heterocycles. The number of methoxy groups -OCH3 is 1. The largest absolute Gasteiger partial charge is 0.497 e. The van der Waals surface area contributed by atoms with Crippen LogP contribution >= 0.6 is 0 Å². The molecular formula is C13H13NO5. The molecule has 1 aromatic heterocycles. The Labute approximate surface area is 109 Å². The predicted molar refractivity (Wildman–Crippen MR) is 65.7 cm³/mol. The van der Waals surface area contributed by atoms with Crippen LogP contribution in [-0.4, -0.2) is 29.9 Å². The molecule has 0 bridgehead atoms. The van der Waals surface area contributed by atoms with Gasteiger partial charge in [-0.3, -0.25) is 0 Å². The lowest BCUT2D eigenvalue weighted by Gasteiger charge is -2.05. The summed E-state index contributed by atoms with van der Waals surface area (Å²) in [6.07, 6.45) is 0.451. The molecule has 2 aromatic rings. The van der Waals surface area contributed by atoms with E-state index >= 15 is 0 Å². The maximum absolute atomic E-state index is 10.6. The van der Waals surface area contributed by atoms with E-state index in [4.69, 9.17) is 19.1 Å². The number of hydrogen-bond acceptors (Lipinski definition) is 5. The number of carboxylic acid groups (broad SMARTS) is 1. The zero-order valence-electron chi connectivity index (χ0n) is 10.3. The molecule has 1 heterocycles. The molecular weight excluding hydrogens is 250 g/mol. The van der Waals surface area contributed by atoms with E-state index in [0.29, 0.717) is 24.5 Å². The molecule has 0 spiro atoms. The van der Waals surface area contributed by atoms with Gasteiger partial charge in [0.25, 0.3) is 0 Å². The monoisotopic (exact) mass is 263 g/mol. The summed E-state index contributed by atoms with van der Waals surface area (Å²) in [5.74, 6) is 0.837. The minimum absolute atomic E-state index is 0.0977. The van der Waals surface area contributed by atoms with Gasteiger partial charge in [-0.25, -0.2) is 4.79 Å². The lowest BCUT2D eigenvalue weighted by molar-refractivity contribution is 0.0685. The molecule has 0 atom stereocenters. The van der Waals surface area contributed by atoms with Crippen LogP contribution < -0.4 is 9.47 Å². The van der Waals surface area contributed by atoms with Gasteiger partial charge in [-0.05, 0) is 24.3 Å². The highest BCUT2D eigenvalue weighted by molar-refractivity contribution is 5.85. The van der Waals surface area contributed by atoms with Gasteiger partial charge in [-0.15, -0.1) is 0 Å². The summed E-state index contributed by atoms with van der Waals surface area (Å²) in [7, 11) is 1.60. The Bertz CT molecular complexity index is 546. The molecule has 0 amide bonds. The molecule has 19 heavy (non-hydrogen) atoms. The Balaban J connectivity index is 1.83. The quantitative estimate of drug-likeness (QED) is 0.858. The summed E-state index contributed by atoms with van der Waals surface area (Å²) >= 11 is 0. The molecule has 1 N–H and O–H groups in total. The molecule has 0 unspecified atom stereocenters. The van der Waals surface area contributed by atoms with E-state index in [-0.39, 0.29) is 5.69 Å². The van der Waals surface area contributed by atoms with Crippen LogP contribution in [0.1, 0.15) is 16.2 Å². The molecule has 0 saturated carbocycles. The summed E-state index contributed by atoms with van der Waals surface area (Å²) in [5.41, 5.74) is -0.0977. The topological polar surface area (TPSA) is 81.8 Å². The minimum Gasteiger partial charge on any atom is -0.497 e. The van der Waals surface area contributed by atoms with E-state index in [9.17, 15) is 4.79 Å². The third-order valence-electron chi connectivity index (χ3n) is 2.45. The summed E-state index contributed by atoms with van der Waals surface area (Å²) in [6.45, 7) is 0.376. The highest BCUT2D eigenvalue weighted by atomic mass is 16.5. The Morgan fingerprint density at radius 1 is 1.32 bits per heavy atom. The van der Waals surface area contributed by atoms with Crippen LogP contribution in [0.4, 0.5) is 0 Å². The number of aromatic carboxylic acids is 1. The first-order chi connectivity index (χ1) is 9.19. The average Bonchev–Trinajstić information content (AvgIpc) is 2.89. The summed E-state index contributed by atoms with van der Waals surface area (Å²) in [6, 6.07) is 8.57. The van der Waals surface area contributed by atoms with E-state index in [1.54, 1.807) is 31.4 Å². The third-order valence-corrected chi connectivity index (χ3v) is 2.45. The van der Waals surface area contributed by atoms with Crippen molar-refractivity contribution in [2.24, 2.45) is 0 Å². The maximum Gasteiger partial charge on any atom is 0.358 e. The number of benzene rings is 1. The van der Waals surface area contributed by atoms with Crippen molar-refractivity contribution in [3.63, 3.8) is 0 Å². The zero-order valence-corrected chi connectivity index (χ0v) is 10.3. The average molecular weight is 263 g/mol. The minimum atomic E-state index is -1.11. The van der Waals surface area contributed by atoms with Gasteiger partial charge in [0.2, 0.25) is 0 Å². The number of rotatable bonds is 6. The van der Waals surface area contributed by atoms with Crippen LogP contribution in [0, 0.1) is 0 Å². The number of carbonyl (C=O) groups is 1. The Morgan fingerprint density at radius 2 is 2.00 bits per heavy atom. The van der Waals surface area contributed by atoms with Crippen molar-refractivity contribution in [2.45, 2.75) is 6.42 Å². The second-order valence-corrected chi connectivity index (χ2v) is 3.76. The molecule has 6 nitrogen and oxygen atoms in total. The molecule has 0 radical (unpaired) electrons. The van der Waals surface area contributed by atoms with Crippen molar-refractivity contribution in [3.05, 3.63) is 41.8 Å². The van der Waals surface area contributed by atoms with Crippen molar-refractivity contribution in [1.29, 1.82) is 0 Å². The SMILES string of the molecule is COc1ccc(OCCc2cc(C(=O)O)no2)cc1. The van der Waals surface area contributed by atoms with Crippen LogP contribution in [0.3, 0.4) is 0 Å². The van der Waals surface area contributed by atoms with Crippen LogP contribution in [-0.2, 0) is 6.42 Å². The number of nitrogens with zero attached hydrogens (tertiary/aromatic N) is 1. The fourth-order valence-corrected chi connectivity index (χ4v) is 1.47. The van der Waals surface area contributed by atoms with Gasteiger partial charge in [0.15, 0.2) is 5.69 Å². The normalized spacial score (nSPS) is 10.2. The van der Waals surface area contributed by atoms with Crippen LogP contribution in [0.15, 0.2) is 34.9 Å². The van der Waals surface area contributed by atoms with Gasteiger partial charge >= 0.3 is 5.97 Å². The maximum atomic E-state index is 10.6. The van der Waals surface area contributed by atoms with Crippen molar-refractivity contribution in [1.82, 2.24) is 5.16 Å². The summed E-state index contributed by atoms with van der Waals surface area (Å²) in [5, 5.41) is 12.1. The molecule has 6 heteroatoms. The van der Waals surface area contributed by atoms with Gasteiger partial charge in [-0.2, -0.15) is 0 Å². The lowest BCUT2D eigenvalue weighted by atomic mass is 10.3. The summed E-state index contributed by atoms with van der Waals surface area (Å²) in [4.78, 5) is 10.6. The first kappa shape index (κ1) is 12.9. The molecule has 0 aliphatic rings. The molecule has 1 aromatic carbocycles. The van der Waals surface area contributed by atoms with E-state index < -0.39 is 5.97 Å². The van der Waals surface area contributed by atoms with Crippen LogP contribution in [0.2, 0.25) is 0 Å². The van der Waals surface area contributed by atoms with Gasteiger partial charge in [-0.1, -0.05) is 5.16 Å². The van der Waals surface area contributed by atoms with Crippen molar-refractivity contribution < 1.29 is 23.9 Å². The Hall–Kier alpha value is -2.50. The number of hydrogen-bond donors (Lipinski definition) is 1. The number of aromatic nitrogens is 1. The van der Waals surface area contributed by atoms with Gasteiger partial charge in [0.05, 0.1) is 13.7 Å². The fraction of sp³-hybridized carbons (Fsp3) is 0.231. The molecule has 2 rings (SSSR count). The van der Waals surface area contributed by atoms with E-state index in [1.807, 2.05) is 0 Å². The lowest BCUT2D eigenvalue weighted by Crippen LogP contribution is -2.00. The summed E-state index contributed by atoms with van der Waals surface area (Å²) < 4.78 is 15.4. The smallest absolute Gasteiger partial charge is 0.358 e. The standard InChI is InChI=1S/C13H13NO5/c1-17-9-2-4-10(5-3-9)18-7-6-11-8-12(13(15)16)14-19-11/h2-5,8H,6-7H2,1H3,(H,15,16). The van der Waals surface area contributed by atoms with E-state index in [0.717, 1.165) is 5.75 Å². The van der Waals surface area contributed by atoms with Gasteiger partial charge in [0, 0.05) is 12.5 Å². The van der Waals surface area contributed by atoms with Gasteiger partial charge < -0.3 is 19.1 Å². The highest BCUT2D eigenvalue weighted by Crippen LogP contribution is 2.17. The first-order valence-corrected chi connectivity index (χ1v) is 5.65. The van der Waals surface area contributed by atoms with Crippen molar-refractivity contribution in [3.8, 4) is 11.5 Å². The van der Waals surface area contributed by atoms with Crippen molar-refractivity contribution in [2.75, 3.05) is 13.7 Å². The fourth-order valence-electron chi connectivity index (χ4n) is 1.47. The molecule has 0 saturated heterocycles. The molecule has 0 fully saturated rings. The van der Waals surface area contributed by atoms with Crippen molar-refractivity contribution >= 4 is 5.97 Å². The molecule has 0 aliphatic carbocycles. The second kappa shape index (κ2) is 5.90. The molecule has 100 valence electrons. The predicted octanol–water partition coefficient (Wildman–Crippen LogP) is 2.00. The van der Waals surface area contributed by atoms with Crippen LogP contribution in [0.25, 0.3) is 0 Å². The third kappa shape index (κ3) is 3.48. The van der Waals surface area contributed by atoms with E-state index in [2.05, 4.69) is 5.16 Å². The zero-order chi connectivity index (χ0) is 13.7. The Kier molecular flexibility index (Phi) is 4.02. The number of ether oxygens (including phenoxy) is 2. The first-order valence-electron chi connectivity index (χ1n) is 5.65. The van der Waals surface area contributed by atoms with Crippen LogP contribution in [0.5, 0.6) is 11.5 Å². The number of carboxylic acids is 1. The van der Waals surface area contributed by atoms with E-state index in [1.165, 1.54) is 6.07 Å². The van der Waals surface area contributed by atoms with Gasteiger partial charge in [0.1, 0.15) is 17.3 Å². The Morgan fingerprint density at radius 3 is 2.58 bits per heavy atom. The second-order valence-electron chi connectivity index (χ2n) is 3.76. The highest BCUT2D eigenvalue weighted by Gasteiger charge is 2.10.